The molecule has 1 heterocycles. The number of likely N-dealkylation sites (tertiary alicyclic amines) is 1. The third kappa shape index (κ3) is 4.42. The van der Waals surface area contributed by atoms with Crippen molar-refractivity contribution < 1.29 is 4.79 Å². The Balaban J connectivity index is 1.45. The fourth-order valence-electron chi connectivity index (χ4n) is 3.58. The lowest BCUT2D eigenvalue weighted by Crippen LogP contribution is -2.30. The molecule has 0 atom stereocenters. The van der Waals surface area contributed by atoms with E-state index in [0.717, 1.165) is 29.2 Å². The Kier molecular flexibility index (Phi) is 5.82. The lowest BCUT2D eigenvalue weighted by Gasteiger charge is -2.26. The number of piperidine rings is 1. The van der Waals surface area contributed by atoms with Crippen LogP contribution in [0.2, 0.25) is 0 Å². The highest BCUT2D eigenvalue weighted by Gasteiger charge is 2.11. The maximum absolute atomic E-state index is 12.5. The third-order valence-electron chi connectivity index (χ3n) is 4.92. The van der Waals surface area contributed by atoms with Gasteiger partial charge in [-0.25, -0.2) is 0 Å². The van der Waals surface area contributed by atoms with E-state index in [0.29, 0.717) is 12.2 Å². The Labute approximate surface area is 139 Å². The monoisotopic (exact) mass is 309 g/mol. The van der Waals surface area contributed by atoms with Gasteiger partial charge >= 0.3 is 0 Å². The second-order valence-electron chi connectivity index (χ2n) is 6.66. The van der Waals surface area contributed by atoms with E-state index in [1.165, 1.54) is 45.3 Å². The van der Waals surface area contributed by atoms with Gasteiger partial charge in [0, 0.05) is 12.0 Å². The van der Waals surface area contributed by atoms with E-state index in [9.17, 15) is 4.79 Å². The maximum atomic E-state index is 12.5. The normalized spacial score (nSPS) is 15.8. The molecule has 1 saturated heterocycles. The topological polar surface area (TPSA) is 20.3 Å². The standard InChI is InChI=1S/C21H27NO/c23-21(14-3-1-6-15-22-16-7-2-8-17-22)20-13-9-11-18-10-4-5-12-19(18)20/h4-5,9-13H,1-3,6-8,14-17H2. The molecule has 1 aliphatic rings. The molecule has 0 aliphatic carbocycles. The predicted molar refractivity (Wildman–Crippen MR) is 97.0 cm³/mol. The second-order valence-corrected chi connectivity index (χ2v) is 6.66. The van der Waals surface area contributed by atoms with Crippen LogP contribution in [0.5, 0.6) is 0 Å². The van der Waals surface area contributed by atoms with Crippen LogP contribution in [-0.2, 0) is 0 Å². The smallest absolute Gasteiger partial charge is 0.163 e. The average Bonchev–Trinajstić information content (AvgIpc) is 2.61. The van der Waals surface area contributed by atoms with Crippen molar-refractivity contribution in [2.75, 3.05) is 19.6 Å². The number of unbranched alkanes of at least 4 members (excludes halogenated alkanes) is 2. The molecule has 2 aromatic rings. The molecule has 0 saturated carbocycles. The van der Waals surface area contributed by atoms with Crippen LogP contribution >= 0.6 is 0 Å². The minimum absolute atomic E-state index is 0.291. The first-order valence-electron chi connectivity index (χ1n) is 9.08. The largest absolute Gasteiger partial charge is 0.303 e. The summed E-state index contributed by atoms with van der Waals surface area (Å²) < 4.78 is 0. The molecule has 0 unspecified atom stereocenters. The minimum atomic E-state index is 0.291. The second kappa shape index (κ2) is 8.26. The molecule has 2 heteroatoms. The molecular formula is C21H27NO. The van der Waals surface area contributed by atoms with Crippen molar-refractivity contribution in [1.82, 2.24) is 4.90 Å². The van der Waals surface area contributed by atoms with Gasteiger partial charge in [0.25, 0.3) is 0 Å². The van der Waals surface area contributed by atoms with Crippen LogP contribution in [0, 0.1) is 0 Å². The van der Waals surface area contributed by atoms with Gasteiger partial charge < -0.3 is 4.90 Å². The van der Waals surface area contributed by atoms with Crippen LogP contribution in [0.1, 0.15) is 55.3 Å². The summed E-state index contributed by atoms with van der Waals surface area (Å²) in [6, 6.07) is 14.2. The van der Waals surface area contributed by atoms with Gasteiger partial charge in [0.1, 0.15) is 0 Å². The van der Waals surface area contributed by atoms with E-state index < -0.39 is 0 Å². The van der Waals surface area contributed by atoms with Crippen molar-refractivity contribution in [3.05, 3.63) is 48.0 Å². The molecule has 0 aromatic heterocycles. The lowest BCUT2D eigenvalue weighted by atomic mass is 9.98. The number of carbonyl (C=O) groups excluding carboxylic acids is 1. The zero-order valence-corrected chi connectivity index (χ0v) is 14.0. The summed E-state index contributed by atoms with van der Waals surface area (Å²) in [5.41, 5.74) is 0.888. The van der Waals surface area contributed by atoms with Gasteiger partial charge in [-0.2, -0.15) is 0 Å². The zero-order chi connectivity index (χ0) is 15.9. The number of hydrogen-bond donors (Lipinski definition) is 0. The van der Waals surface area contributed by atoms with Crippen LogP contribution in [0.4, 0.5) is 0 Å². The van der Waals surface area contributed by atoms with Crippen LogP contribution in [0.3, 0.4) is 0 Å². The number of Topliss-reactive ketones (excluding diaryl/α,β-unsaturated/α-hetero) is 1. The summed E-state index contributed by atoms with van der Waals surface area (Å²) in [4.78, 5) is 15.1. The molecule has 3 rings (SSSR count). The van der Waals surface area contributed by atoms with Crippen molar-refractivity contribution in [3.8, 4) is 0 Å². The van der Waals surface area contributed by atoms with Gasteiger partial charge in [-0.3, -0.25) is 4.79 Å². The number of hydrogen-bond acceptors (Lipinski definition) is 2. The Morgan fingerprint density at radius 2 is 1.65 bits per heavy atom. The molecule has 0 radical (unpaired) electrons. The van der Waals surface area contributed by atoms with Gasteiger partial charge in [0.05, 0.1) is 0 Å². The van der Waals surface area contributed by atoms with Crippen LogP contribution < -0.4 is 0 Å². The van der Waals surface area contributed by atoms with E-state index in [-0.39, 0.29) is 0 Å². The molecule has 23 heavy (non-hydrogen) atoms. The summed E-state index contributed by atoms with van der Waals surface area (Å²) in [6.07, 6.45) is 8.19. The summed E-state index contributed by atoms with van der Waals surface area (Å²) in [5.74, 6) is 0.291. The molecule has 2 aromatic carbocycles. The fraction of sp³-hybridized carbons (Fsp3) is 0.476. The van der Waals surface area contributed by atoms with Crippen molar-refractivity contribution in [2.24, 2.45) is 0 Å². The van der Waals surface area contributed by atoms with Gasteiger partial charge in [0.2, 0.25) is 0 Å². The highest BCUT2D eigenvalue weighted by atomic mass is 16.1. The summed E-state index contributed by atoms with van der Waals surface area (Å²) in [5, 5.41) is 2.25. The van der Waals surface area contributed by atoms with Crippen molar-refractivity contribution in [1.29, 1.82) is 0 Å². The lowest BCUT2D eigenvalue weighted by molar-refractivity contribution is 0.0980. The number of ketones is 1. The number of fused-ring (bicyclic) bond motifs is 1. The van der Waals surface area contributed by atoms with E-state index in [1.54, 1.807) is 0 Å². The number of carbonyl (C=O) groups is 1. The van der Waals surface area contributed by atoms with Crippen molar-refractivity contribution in [3.63, 3.8) is 0 Å². The van der Waals surface area contributed by atoms with Crippen LogP contribution in [0.25, 0.3) is 10.8 Å². The van der Waals surface area contributed by atoms with E-state index in [4.69, 9.17) is 0 Å². The molecule has 122 valence electrons. The first-order chi connectivity index (χ1) is 11.3. The molecule has 0 amide bonds. The minimum Gasteiger partial charge on any atom is -0.303 e. The Hall–Kier alpha value is -1.67. The molecular weight excluding hydrogens is 282 g/mol. The first-order valence-corrected chi connectivity index (χ1v) is 9.08. The summed E-state index contributed by atoms with van der Waals surface area (Å²) in [7, 11) is 0. The Bertz CT molecular complexity index is 638. The highest BCUT2D eigenvalue weighted by molar-refractivity contribution is 6.08. The molecule has 1 aliphatic heterocycles. The molecule has 2 nitrogen and oxygen atoms in total. The van der Waals surface area contributed by atoms with Gasteiger partial charge in [-0.15, -0.1) is 0 Å². The molecule has 1 fully saturated rings. The number of benzene rings is 2. The van der Waals surface area contributed by atoms with E-state index >= 15 is 0 Å². The molecule has 0 N–H and O–H groups in total. The maximum Gasteiger partial charge on any atom is 0.163 e. The Morgan fingerprint density at radius 1 is 0.870 bits per heavy atom. The highest BCUT2D eigenvalue weighted by Crippen LogP contribution is 2.20. The third-order valence-corrected chi connectivity index (χ3v) is 4.92. The van der Waals surface area contributed by atoms with Gasteiger partial charge in [-0.05, 0) is 56.1 Å². The van der Waals surface area contributed by atoms with Crippen molar-refractivity contribution >= 4 is 16.6 Å². The SMILES string of the molecule is O=C(CCCCCN1CCCCC1)c1cccc2ccccc12. The summed E-state index contributed by atoms with van der Waals surface area (Å²) in [6.45, 7) is 3.76. The van der Waals surface area contributed by atoms with E-state index in [1.807, 2.05) is 24.3 Å². The van der Waals surface area contributed by atoms with Crippen LogP contribution in [0.15, 0.2) is 42.5 Å². The first kappa shape index (κ1) is 16.2. The number of rotatable bonds is 7. The Morgan fingerprint density at radius 3 is 2.52 bits per heavy atom. The van der Waals surface area contributed by atoms with Gasteiger partial charge in [0.15, 0.2) is 5.78 Å². The molecule has 0 bridgehead atoms. The average molecular weight is 309 g/mol. The van der Waals surface area contributed by atoms with Crippen molar-refractivity contribution in [2.45, 2.75) is 44.9 Å². The predicted octanol–water partition coefficient (Wildman–Crippen LogP) is 5.07. The quantitative estimate of drug-likeness (QED) is 0.526. The fourth-order valence-corrected chi connectivity index (χ4v) is 3.58. The van der Waals surface area contributed by atoms with E-state index in [2.05, 4.69) is 23.1 Å². The molecule has 0 spiro atoms. The summed E-state index contributed by atoms with van der Waals surface area (Å²) >= 11 is 0. The number of nitrogens with zero attached hydrogens (tertiary/aromatic N) is 1. The zero-order valence-electron chi connectivity index (χ0n) is 14.0. The van der Waals surface area contributed by atoms with Gasteiger partial charge in [-0.1, -0.05) is 55.3 Å². The van der Waals surface area contributed by atoms with Crippen LogP contribution in [-0.4, -0.2) is 30.3 Å².